The number of esters is 1. The first-order chi connectivity index (χ1) is 37.2. The Balaban J connectivity index is 2.00. The third-order valence-corrected chi connectivity index (χ3v) is 15.6. The van der Waals surface area contributed by atoms with Crippen LogP contribution in [0.4, 0.5) is 0 Å². The van der Waals surface area contributed by atoms with E-state index >= 15 is 0 Å². The highest BCUT2D eigenvalue weighted by Gasteiger charge is 2.44. The molecule has 1 aliphatic heterocycles. The third-order valence-electron chi connectivity index (χ3n) is 15.6. The molecule has 1 saturated heterocycles. The molecule has 0 saturated carbocycles. The minimum absolute atomic E-state index is 0.00420. The maximum absolute atomic E-state index is 13.0. The Morgan fingerprint density at radius 2 is 0.842 bits per heavy atom. The largest absolute Gasteiger partial charge is 0.466 e. The fourth-order valence-corrected chi connectivity index (χ4v) is 10.4. The summed E-state index contributed by atoms with van der Waals surface area (Å²) >= 11 is 0. The number of nitrogens with one attached hydrogen (secondary N) is 1. The first kappa shape index (κ1) is 72.2. The van der Waals surface area contributed by atoms with Crippen molar-refractivity contribution in [2.75, 3.05) is 19.8 Å². The number of allylic oxidation sites excluding steroid dienone is 3. The molecule has 0 radical (unpaired) electrons. The number of carbonyl (C=O) groups is 2. The van der Waals surface area contributed by atoms with E-state index in [1.54, 1.807) is 6.08 Å². The van der Waals surface area contributed by atoms with Crippen LogP contribution in [0.5, 0.6) is 0 Å². The number of rotatable bonds is 57. The van der Waals surface area contributed by atoms with Crippen LogP contribution in [0.25, 0.3) is 0 Å². The van der Waals surface area contributed by atoms with Crippen molar-refractivity contribution in [1.82, 2.24) is 5.32 Å². The first-order valence-electron chi connectivity index (χ1n) is 32.6. The minimum Gasteiger partial charge on any atom is -0.466 e. The van der Waals surface area contributed by atoms with Crippen molar-refractivity contribution in [2.45, 2.75) is 358 Å². The van der Waals surface area contributed by atoms with E-state index < -0.39 is 49.5 Å². The van der Waals surface area contributed by atoms with E-state index in [1.165, 1.54) is 231 Å². The molecule has 7 atom stereocenters. The summed E-state index contributed by atoms with van der Waals surface area (Å²) in [5, 5.41) is 54.4. The monoisotopic (exact) mass is 1080 g/mol. The molecule has 0 bridgehead atoms. The number of ether oxygens (including phenoxy) is 3. The highest BCUT2D eigenvalue weighted by Crippen LogP contribution is 2.23. The van der Waals surface area contributed by atoms with Gasteiger partial charge < -0.3 is 45.1 Å². The van der Waals surface area contributed by atoms with Gasteiger partial charge in [0.05, 0.1) is 32.0 Å². The molecule has 76 heavy (non-hydrogen) atoms. The van der Waals surface area contributed by atoms with E-state index in [1.807, 2.05) is 6.08 Å². The maximum atomic E-state index is 13.0. The predicted molar refractivity (Wildman–Crippen MR) is 315 cm³/mol. The van der Waals surface area contributed by atoms with Gasteiger partial charge in [-0.3, -0.25) is 9.59 Å². The average molecular weight is 1080 g/mol. The van der Waals surface area contributed by atoms with Crippen molar-refractivity contribution in [3.63, 3.8) is 0 Å². The molecule has 7 unspecified atom stereocenters. The van der Waals surface area contributed by atoms with Crippen LogP contribution in [0, 0.1) is 0 Å². The van der Waals surface area contributed by atoms with E-state index in [0.717, 1.165) is 57.8 Å². The van der Waals surface area contributed by atoms with Gasteiger partial charge in [0.2, 0.25) is 5.91 Å². The van der Waals surface area contributed by atoms with Crippen LogP contribution < -0.4 is 5.32 Å². The number of carbonyl (C=O) groups excluding carboxylic acids is 2. The van der Waals surface area contributed by atoms with Crippen LogP contribution in [-0.4, -0.2) is 100 Å². The molecule has 1 rings (SSSR count). The second kappa shape index (κ2) is 55.1. The zero-order chi connectivity index (χ0) is 55.2. The summed E-state index contributed by atoms with van der Waals surface area (Å²) in [5.74, 6) is -0.179. The lowest BCUT2D eigenvalue weighted by molar-refractivity contribution is -0.302. The van der Waals surface area contributed by atoms with Crippen LogP contribution in [0.3, 0.4) is 0 Å². The summed E-state index contributed by atoms with van der Waals surface area (Å²) in [6, 6.07) is -0.810. The van der Waals surface area contributed by atoms with Crippen molar-refractivity contribution < 1.29 is 49.3 Å². The fourth-order valence-electron chi connectivity index (χ4n) is 10.4. The van der Waals surface area contributed by atoms with Crippen molar-refractivity contribution in [3.8, 4) is 0 Å². The SMILES string of the molecule is CCCCCCCCCCC/C=C/C(O)C(COC1OC(CO)C(O)C(O)C1O)NC(=O)CCCCCCCCCCCC/C=C\CCCCCCCCCCCCCCOC(=O)CCCCCCCCCCCCC. The molecule has 1 heterocycles. The number of amides is 1. The molecule has 0 aromatic rings. The second-order valence-corrected chi connectivity index (χ2v) is 22.8. The summed E-state index contributed by atoms with van der Waals surface area (Å²) in [5.41, 5.74) is 0. The first-order valence-corrected chi connectivity index (χ1v) is 32.6. The van der Waals surface area contributed by atoms with Gasteiger partial charge in [-0.25, -0.2) is 0 Å². The molecule has 1 amide bonds. The number of aliphatic hydroxyl groups is 5. The van der Waals surface area contributed by atoms with Crippen LogP contribution in [0.15, 0.2) is 24.3 Å². The van der Waals surface area contributed by atoms with Gasteiger partial charge in [0.25, 0.3) is 0 Å². The van der Waals surface area contributed by atoms with Gasteiger partial charge in [-0.15, -0.1) is 0 Å². The summed E-state index contributed by atoms with van der Waals surface area (Å²) in [4.78, 5) is 25.0. The molecular formula is C65H123NO10. The molecule has 0 aliphatic carbocycles. The highest BCUT2D eigenvalue weighted by molar-refractivity contribution is 5.76. The molecule has 1 fully saturated rings. The van der Waals surface area contributed by atoms with Crippen molar-refractivity contribution in [3.05, 3.63) is 24.3 Å². The molecule has 0 aromatic heterocycles. The quantitative estimate of drug-likeness (QED) is 0.0195. The Bertz CT molecular complexity index is 1310. The second-order valence-electron chi connectivity index (χ2n) is 22.8. The zero-order valence-corrected chi connectivity index (χ0v) is 49.5. The molecule has 11 nitrogen and oxygen atoms in total. The van der Waals surface area contributed by atoms with E-state index in [9.17, 15) is 35.1 Å². The van der Waals surface area contributed by atoms with Gasteiger partial charge in [0.1, 0.15) is 24.4 Å². The predicted octanol–water partition coefficient (Wildman–Crippen LogP) is 15.7. The van der Waals surface area contributed by atoms with Gasteiger partial charge in [0, 0.05) is 12.8 Å². The molecule has 6 N–H and O–H groups in total. The van der Waals surface area contributed by atoms with Gasteiger partial charge in [-0.2, -0.15) is 0 Å². The summed E-state index contributed by atoms with van der Waals surface area (Å²) in [6.07, 6.45) is 57.2. The van der Waals surface area contributed by atoms with Crippen LogP contribution in [-0.2, 0) is 23.8 Å². The number of aliphatic hydroxyl groups excluding tert-OH is 5. The Morgan fingerprint density at radius 3 is 1.26 bits per heavy atom. The van der Waals surface area contributed by atoms with Gasteiger partial charge in [-0.05, 0) is 57.8 Å². The van der Waals surface area contributed by atoms with Crippen molar-refractivity contribution in [1.29, 1.82) is 0 Å². The Hall–Kier alpha value is -1.86. The molecule has 11 heteroatoms. The smallest absolute Gasteiger partial charge is 0.305 e. The van der Waals surface area contributed by atoms with E-state index in [0.29, 0.717) is 19.4 Å². The fraction of sp³-hybridized carbons (Fsp3) is 0.908. The standard InChI is InChI=1S/C65H123NO10/c1-3-5-7-9-11-13-31-35-39-43-47-51-58(68)57(56-75-65-64(73)63(72)62(71)59(55-67)76-65)66-60(69)52-48-44-40-36-33-29-27-25-23-21-19-17-15-16-18-20-22-24-26-28-30-34-38-42-46-50-54-74-61(70)53-49-45-41-37-32-14-12-10-8-6-4-2/h15,17,47,51,57-59,62-65,67-68,71-73H,3-14,16,18-46,48-50,52-56H2,1-2H3,(H,66,69)/b17-15-,51-47+. The Kier molecular flexibility index (Phi) is 52.3. The van der Waals surface area contributed by atoms with E-state index in [-0.39, 0.29) is 18.5 Å². The summed E-state index contributed by atoms with van der Waals surface area (Å²) in [7, 11) is 0. The number of hydrogen-bond acceptors (Lipinski definition) is 10. The maximum Gasteiger partial charge on any atom is 0.305 e. The van der Waals surface area contributed by atoms with Crippen molar-refractivity contribution in [2.24, 2.45) is 0 Å². The number of hydrogen-bond donors (Lipinski definition) is 6. The van der Waals surface area contributed by atoms with Gasteiger partial charge >= 0.3 is 5.97 Å². The molecule has 0 aromatic carbocycles. The lowest BCUT2D eigenvalue weighted by Crippen LogP contribution is -2.60. The normalized spacial score (nSPS) is 18.8. The Morgan fingerprint density at radius 1 is 0.474 bits per heavy atom. The minimum atomic E-state index is -1.57. The van der Waals surface area contributed by atoms with Crippen LogP contribution in [0.1, 0.15) is 316 Å². The average Bonchev–Trinajstić information content (AvgIpc) is 3.42. The number of unbranched alkanes of at least 4 members (excludes halogenated alkanes) is 41. The van der Waals surface area contributed by atoms with Gasteiger partial charge in [-0.1, -0.05) is 269 Å². The van der Waals surface area contributed by atoms with Crippen LogP contribution >= 0.6 is 0 Å². The third kappa shape index (κ3) is 44.0. The zero-order valence-electron chi connectivity index (χ0n) is 49.5. The van der Waals surface area contributed by atoms with Crippen molar-refractivity contribution >= 4 is 11.9 Å². The molecule has 448 valence electrons. The summed E-state index contributed by atoms with van der Waals surface area (Å²) < 4.78 is 16.7. The highest BCUT2D eigenvalue weighted by atomic mass is 16.7. The van der Waals surface area contributed by atoms with Gasteiger partial charge in [0.15, 0.2) is 6.29 Å². The lowest BCUT2D eigenvalue weighted by atomic mass is 9.99. The summed E-state index contributed by atoms with van der Waals surface area (Å²) in [6.45, 7) is 4.35. The molecular weight excluding hydrogens is 955 g/mol. The molecule has 1 aliphatic rings. The molecule has 0 spiro atoms. The van der Waals surface area contributed by atoms with E-state index in [4.69, 9.17) is 14.2 Å². The lowest BCUT2D eigenvalue weighted by Gasteiger charge is -2.40. The van der Waals surface area contributed by atoms with Crippen LogP contribution in [0.2, 0.25) is 0 Å². The topological polar surface area (TPSA) is 175 Å². The Labute approximate surface area is 467 Å². The van der Waals surface area contributed by atoms with E-state index in [2.05, 4.69) is 31.3 Å².